The van der Waals surface area contributed by atoms with E-state index in [2.05, 4.69) is 0 Å². The van der Waals surface area contributed by atoms with E-state index in [9.17, 15) is 14.0 Å². The number of benzene rings is 1. The van der Waals surface area contributed by atoms with Gasteiger partial charge in [0.15, 0.2) is 6.29 Å². The predicted molar refractivity (Wildman–Crippen MR) is 53.1 cm³/mol. The van der Waals surface area contributed by atoms with Crippen molar-refractivity contribution < 1.29 is 19.1 Å². The van der Waals surface area contributed by atoms with Crippen molar-refractivity contribution in [3.8, 4) is 0 Å². The maximum absolute atomic E-state index is 12.4. The van der Waals surface area contributed by atoms with Gasteiger partial charge in [0.25, 0.3) is 0 Å². The number of carbonyl (C=O) groups excluding carboxylic acids is 1. The van der Waals surface area contributed by atoms with E-state index in [0.717, 1.165) is 0 Å². The van der Waals surface area contributed by atoms with Crippen LogP contribution < -0.4 is 5.73 Å². The summed E-state index contributed by atoms with van der Waals surface area (Å²) in [5.41, 5.74) is 4.94. The smallest absolute Gasteiger partial charge is 0.320 e. The number of hydrogen-bond acceptors (Lipinski definition) is 3. The molecule has 0 aliphatic heterocycles. The summed E-state index contributed by atoms with van der Waals surface area (Å²) >= 11 is 0. The van der Waals surface area contributed by atoms with Crippen LogP contribution in [0, 0.1) is 5.82 Å². The second kappa shape index (κ2) is 6.67. The molecular formula is C10H12FNO3. The highest BCUT2D eigenvalue weighted by Gasteiger charge is 1.99. The molecule has 0 saturated carbocycles. The highest BCUT2D eigenvalue weighted by Crippen LogP contribution is 2.01. The van der Waals surface area contributed by atoms with Gasteiger partial charge in [-0.05, 0) is 19.1 Å². The highest BCUT2D eigenvalue weighted by molar-refractivity contribution is 5.74. The SMILES string of the molecule is C[C@H](N)C(=O)O.O=Cc1ccccc1F. The normalized spacial score (nSPS) is 10.9. The summed E-state index contributed by atoms with van der Waals surface area (Å²) in [5, 5.41) is 7.87. The van der Waals surface area contributed by atoms with Crippen LogP contribution in [0.1, 0.15) is 17.3 Å². The fraction of sp³-hybridized carbons (Fsp3) is 0.200. The van der Waals surface area contributed by atoms with Crippen molar-refractivity contribution in [1.29, 1.82) is 0 Å². The van der Waals surface area contributed by atoms with E-state index in [-0.39, 0.29) is 5.56 Å². The van der Waals surface area contributed by atoms with Gasteiger partial charge in [0.05, 0.1) is 5.56 Å². The summed E-state index contributed by atoms with van der Waals surface area (Å²) in [5.74, 6) is -1.43. The maximum atomic E-state index is 12.4. The Kier molecular flexibility index (Phi) is 5.89. The van der Waals surface area contributed by atoms with Crippen LogP contribution in [0.15, 0.2) is 24.3 Å². The van der Waals surface area contributed by atoms with E-state index >= 15 is 0 Å². The molecule has 5 heteroatoms. The lowest BCUT2D eigenvalue weighted by atomic mass is 10.2. The van der Waals surface area contributed by atoms with Gasteiger partial charge in [-0.2, -0.15) is 0 Å². The molecule has 0 radical (unpaired) electrons. The highest BCUT2D eigenvalue weighted by atomic mass is 19.1. The molecule has 1 aromatic carbocycles. The first-order valence-corrected chi connectivity index (χ1v) is 4.17. The summed E-state index contributed by atoms with van der Waals surface area (Å²) in [6.07, 6.45) is 0.495. The van der Waals surface area contributed by atoms with Gasteiger partial charge < -0.3 is 10.8 Å². The Morgan fingerprint density at radius 1 is 1.53 bits per heavy atom. The summed E-state index contributed by atoms with van der Waals surface area (Å²) in [6.45, 7) is 1.42. The number of carbonyl (C=O) groups is 2. The number of aldehydes is 1. The van der Waals surface area contributed by atoms with Crippen LogP contribution in [-0.2, 0) is 4.79 Å². The average molecular weight is 213 g/mol. The Labute approximate surface area is 86.5 Å². The molecule has 0 saturated heterocycles. The van der Waals surface area contributed by atoms with Crippen LogP contribution in [0.25, 0.3) is 0 Å². The minimum absolute atomic E-state index is 0.109. The van der Waals surface area contributed by atoms with Crippen LogP contribution in [0.5, 0.6) is 0 Å². The number of hydrogen-bond donors (Lipinski definition) is 2. The lowest BCUT2D eigenvalue weighted by Gasteiger charge is -1.90. The van der Waals surface area contributed by atoms with E-state index in [4.69, 9.17) is 10.8 Å². The summed E-state index contributed by atoms with van der Waals surface area (Å²) in [4.78, 5) is 19.6. The molecule has 0 bridgehead atoms. The number of rotatable bonds is 2. The van der Waals surface area contributed by atoms with Crippen LogP contribution in [-0.4, -0.2) is 23.4 Å². The summed E-state index contributed by atoms with van der Waals surface area (Å²) in [6, 6.07) is 5.12. The van der Waals surface area contributed by atoms with Crippen molar-refractivity contribution in [1.82, 2.24) is 0 Å². The first-order valence-electron chi connectivity index (χ1n) is 4.17. The van der Waals surface area contributed by atoms with Crippen molar-refractivity contribution in [3.63, 3.8) is 0 Å². The monoisotopic (exact) mass is 213 g/mol. The molecule has 4 nitrogen and oxygen atoms in total. The van der Waals surface area contributed by atoms with Gasteiger partial charge in [-0.15, -0.1) is 0 Å². The quantitative estimate of drug-likeness (QED) is 0.720. The van der Waals surface area contributed by atoms with E-state index in [1.807, 2.05) is 0 Å². The second-order valence-corrected chi connectivity index (χ2v) is 2.77. The number of carboxylic acid groups (broad SMARTS) is 1. The molecule has 1 rings (SSSR count). The predicted octanol–water partition coefficient (Wildman–Crippen LogP) is 1.06. The van der Waals surface area contributed by atoms with Gasteiger partial charge in [-0.25, -0.2) is 4.39 Å². The number of nitrogens with two attached hydrogens (primary N) is 1. The van der Waals surface area contributed by atoms with E-state index in [1.54, 1.807) is 12.1 Å². The van der Waals surface area contributed by atoms with Gasteiger partial charge in [-0.1, -0.05) is 12.1 Å². The minimum atomic E-state index is -0.963. The Bertz CT molecular complexity index is 339. The molecule has 82 valence electrons. The van der Waals surface area contributed by atoms with Gasteiger partial charge in [-0.3, -0.25) is 9.59 Å². The largest absolute Gasteiger partial charge is 0.480 e. The number of carboxylic acids is 1. The third-order valence-electron chi connectivity index (χ3n) is 1.42. The summed E-state index contributed by atoms with van der Waals surface area (Å²) in [7, 11) is 0. The molecule has 0 fully saturated rings. The first kappa shape index (κ1) is 13.2. The molecule has 0 aliphatic rings. The Morgan fingerprint density at radius 2 is 2.00 bits per heavy atom. The molecule has 0 unspecified atom stereocenters. The second-order valence-electron chi connectivity index (χ2n) is 2.77. The lowest BCUT2D eigenvalue weighted by Crippen LogP contribution is -2.25. The van der Waals surface area contributed by atoms with E-state index in [1.165, 1.54) is 19.1 Å². The Balaban J connectivity index is 0.000000288. The zero-order valence-electron chi connectivity index (χ0n) is 8.18. The van der Waals surface area contributed by atoms with Crippen molar-refractivity contribution >= 4 is 12.3 Å². The molecule has 0 amide bonds. The van der Waals surface area contributed by atoms with Crippen molar-refractivity contribution in [2.24, 2.45) is 5.73 Å². The molecule has 0 aliphatic carbocycles. The third kappa shape index (κ3) is 5.53. The van der Waals surface area contributed by atoms with Crippen LogP contribution in [0.4, 0.5) is 4.39 Å². The summed E-state index contributed by atoms with van der Waals surface area (Å²) < 4.78 is 12.4. The topological polar surface area (TPSA) is 80.4 Å². The van der Waals surface area contributed by atoms with Crippen molar-refractivity contribution in [2.75, 3.05) is 0 Å². The fourth-order valence-electron chi connectivity index (χ4n) is 0.571. The van der Waals surface area contributed by atoms with E-state index in [0.29, 0.717) is 6.29 Å². The van der Waals surface area contributed by atoms with Crippen LogP contribution >= 0.6 is 0 Å². The molecule has 15 heavy (non-hydrogen) atoms. The van der Waals surface area contributed by atoms with Gasteiger partial charge in [0.1, 0.15) is 11.9 Å². The van der Waals surface area contributed by atoms with Crippen molar-refractivity contribution in [2.45, 2.75) is 13.0 Å². The Hall–Kier alpha value is -1.75. The zero-order chi connectivity index (χ0) is 11.8. The maximum Gasteiger partial charge on any atom is 0.320 e. The molecule has 3 N–H and O–H groups in total. The standard InChI is InChI=1S/C7H5FO.C3H7NO2/c8-7-4-2-1-3-6(7)5-9;1-2(4)3(5)6/h1-5H;2H,4H2,1H3,(H,5,6)/t;2-/m.0/s1. The fourth-order valence-corrected chi connectivity index (χ4v) is 0.571. The minimum Gasteiger partial charge on any atom is -0.480 e. The van der Waals surface area contributed by atoms with Crippen LogP contribution in [0.2, 0.25) is 0 Å². The molecule has 0 spiro atoms. The number of aliphatic carboxylic acids is 1. The zero-order valence-corrected chi connectivity index (χ0v) is 8.18. The molecule has 1 aromatic rings. The average Bonchev–Trinajstić information content (AvgIpc) is 2.19. The third-order valence-corrected chi connectivity index (χ3v) is 1.42. The lowest BCUT2D eigenvalue weighted by molar-refractivity contribution is -0.138. The van der Waals surface area contributed by atoms with Crippen molar-refractivity contribution in [3.05, 3.63) is 35.6 Å². The molecular weight excluding hydrogens is 201 g/mol. The molecule has 1 atom stereocenters. The van der Waals surface area contributed by atoms with Gasteiger partial charge >= 0.3 is 5.97 Å². The molecule has 0 heterocycles. The Morgan fingerprint density at radius 3 is 2.27 bits per heavy atom. The van der Waals surface area contributed by atoms with Gasteiger partial charge in [0.2, 0.25) is 0 Å². The van der Waals surface area contributed by atoms with Gasteiger partial charge in [0, 0.05) is 0 Å². The number of halogens is 1. The molecule has 0 aromatic heterocycles. The van der Waals surface area contributed by atoms with Crippen LogP contribution in [0.3, 0.4) is 0 Å². The first-order chi connectivity index (χ1) is 6.99. The van der Waals surface area contributed by atoms with E-state index < -0.39 is 17.8 Å².